The molecule has 1 unspecified atom stereocenters. The summed E-state index contributed by atoms with van der Waals surface area (Å²) < 4.78 is 38.0. The Morgan fingerprint density at radius 3 is 2.53 bits per heavy atom. The summed E-state index contributed by atoms with van der Waals surface area (Å²) in [4.78, 5) is 0. The van der Waals surface area contributed by atoms with Crippen molar-refractivity contribution < 1.29 is 13.2 Å². The van der Waals surface area contributed by atoms with Crippen LogP contribution in [0, 0.1) is 12.3 Å². The third-order valence-electron chi connectivity index (χ3n) is 2.18. The van der Waals surface area contributed by atoms with Gasteiger partial charge in [0.05, 0.1) is 11.6 Å². The first-order valence-corrected chi connectivity index (χ1v) is 5.76. The van der Waals surface area contributed by atoms with Gasteiger partial charge in [-0.3, -0.25) is 0 Å². The predicted molar refractivity (Wildman–Crippen MR) is 65.7 cm³/mol. The summed E-state index contributed by atoms with van der Waals surface area (Å²) in [7, 11) is 0. The Morgan fingerprint density at radius 2 is 2.06 bits per heavy atom. The summed E-state index contributed by atoms with van der Waals surface area (Å²) in [6.07, 6.45) is 1.53. The molecule has 92 valence electrons. The third kappa shape index (κ3) is 3.97. The number of rotatable bonds is 3. The Hall–Kier alpha value is -1.15. The summed E-state index contributed by atoms with van der Waals surface area (Å²) in [5, 5.41) is 2.87. The lowest BCUT2D eigenvalue weighted by Crippen LogP contribution is -2.16. The summed E-state index contributed by atoms with van der Waals surface area (Å²) in [5.41, 5.74) is -0.349. The lowest BCUT2D eigenvalue weighted by molar-refractivity contribution is -0.137. The Labute approximate surface area is 107 Å². The molecule has 0 heterocycles. The molecule has 0 radical (unpaired) electrons. The van der Waals surface area contributed by atoms with Gasteiger partial charge in [-0.05, 0) is 24.6 Å². The van der Waals surface area contributed by atoms with Crippen molar-refractivity contribution in [3.63, 3.8) is 0 Å². The van der Waals surface area contributed by atoms with Gasteiger partial charge in [-0.1, -0.05) is 28.8 Å². The molecule has 1 aromatic carbocycles. The van der Waals surface area contributed by atoms with E-state index in [9.17, 15) is 13.2 Å². The number of hydrogen-bond acceptors (Lipinski definition) is 1. The van der Waals surface area contributed by atoms with Crippen molar-refractivity contribution in [2.75, 3.05) is 5.32 Å². The zero-order valence-electron chi connectivity index (χ0n) is 9.11. The average molecular weight is 306 g/mol. The predicted octanol–water partition coefficient (Wildman–Crippen LogP) is 4.29. The van der Waals surface area contributed by atoms with E-state index in [1.54, 1.807) is 6.07 Å². The number of benzene rings is 1. The van der Waals surface area contributed by atoms with Gasteiger partial charge in [0.1, 0.15) is 0 Å². The molecule has 0 amide bonds. The van der Waals surface area contributed by atoms with Gasteiger partial charge in [0.15, 0.2) is 0 Å². The largest absolute Gasteiger partial charge is 0.416 e. The van der Waals surface area contributed by atoms with Crippen LogP contribution in [-0.2, 0) is 6.18 Å². The van der Waals surface area contributed by atoms with Crippen molar-refractivity contribution in [3.05, 3.63) is 28.2 Å². The third-order valence-corrected chi connectivity index (χ3v) is 2.63. The van der Waals surface area contributed by atoms with Crippen LogP contribution in [0.5, 0.6) is 0 Å². The van der Waals surface area contributed by atoms with Crippen LogP contribution in [0.3, 0.4) is 0 Å². The topological polar surface area (TPSA) is 12.0 Å². The molecule has 0 aromatic heterocycles. The van der Waals surface area contributed by atoms with Crippen molar-refractivity contribution >= 4 is 21.6 Å². The van der Waals surface area contributed by atoms with Crippen LogP contribution in [0.2, 0.25) is 0 Å². The number of hydrogen-bond donors (Lipinski definition) is 1. The van der Waals surface area contributed by atoms with Gasteiger partial charge in [-0.2, -0.15) is 13.2 Å². The fourth-order valence-corrected chi connectivity index (χ4v) is 1.79. The summed E-state index contributed by atoms with van der Waals surface area (Å²) in [6, 6.07) is 3.37. The molecular formula is C12H11BrF3N. The average Bonchev–Trinajstić information content (AvgIpc) is 2.24. The van der Waals surface area contributed by atoms with Gasteiger partial charge in [-0.15, -0.1) is 6.42 Å². The monoisotopic (exact) mass is 305 g/mol. The SMILES string of the molecule is C#CC(CC)Nc1cc(Br)cc(C(F)(F)F)c1. The lowest BCUT2D eigenvalue weighted by Gasteiger charge is -2.15. The fourth-order valence-electron chi connectivity index (χ4n) is 1.30. The molecule has 0 saturated carbocycles. The molecule has 0 fully saturated rings. The first-order valence-electron chi connectivity index (χ1n) is 4.97. The number of halogens is 4. The smallest absolute Gasteiger partial charge is 0.372 e. The summed E-state index contributed by atoms with van der Waals surface area (Å²) >= 11 is 3.05. The molecule has 17 heavy (non-hydrogen) atoms. The molecule has 1 rings (SSSR count). The standard InChI is InChI=1S/C12H11BrF3N/c1-3-10(4-2)17-11-6-8(12(14,15)16)5-9(13)7-11/h1,5-7,10,17H,4H2,2H3. The minimum atomic E-state index is -4.36. The zero-order chi connectivity index (χ0) is 13.1. The second kappa shape index (κ2) is 5.46. The number of anilines is 1. The second-order valence-corrected chi connectivity index (χ2v) is 4.41. The quantitative estimate of drug-likeness (QED) is 0.821. The zero-order valence-corrected chi connectivity index (χ0v) is 10.7. The van der Waals surface area contributed by atoms with E-state index in [0.29, 0.717) is 16.6 Å². The van der Waals surface area contributed by atoms with Crippen LogP contribution in [0.25, 0.3) is 0 Å². The Bertz CT molecular complexity index is 434. The minimum absolute atomic E-state index is 0.273. The minimum Gasteiger partial charge on any atom is -0.372 e. The van der Waals surface area contributed by atoms with E-state index in [1.807, 2.05) is 6.92 Å². The number of alkyl halides is 3. The maximum absolute atomic E-state index is 12.6. The normalized spacial score (nSPS) is 12.9. The van der Waals surface area contributed by atoms with Gasteiger partial charge < -0.3 is 5.32 Å². The highest BCUT2D eigenvalue weighted by molar-refractivity contribution is 9.10. The molecule has 0 saturated heterocycles. The van der Waals surface area contributed by atoms with Crippen molar-refractivity contribution in [2.24, 2.45) is 0 Å². The van der Waals surface area contributed by atoms with E-state index < -0.39 is 11.7 Å². The van der Waals surface area contributed by atoms with E-state index in [-0.39, 0.29) is 6.04 Å². The highest BCUT2D eigenvalue weighted by Gasteiger charge is 2.31. The first-order chi connectivity index (χ1) is 7.86. The van der Waals surface area contributed by atoms with Crippen molar-refractivity contribution in [2.45, 2.75) is 25.6 Å². The first kappa shape index (κ1) is 13.9. The maximum atomic E-state index is 12.6. The molecule has 0 bridgehead atoms. The highest BCUT2D eigenvalue weighted by atomic mass is 79.9. The Kier molecular flexibility index (Phi) is 4.47. The summed E-state index contributed by atoms with van der Waals surface area (Å²) in [6.45, 7) is 1.86. The second-order valence-electron chi connectivity index (χ2n) is 3.50. The van der Waals surface area contributed by atoms with Gasteiger partial charge in [-0.25, -0.2) is 0 Å². The Morgan fingerprint density at radius 1 is 1.41 bits per heavy atom. The Balaban J connectivity index is 3.03. The van der Waals surface area contributed by atoms with Crippen molar-refractivity contribution in [3.8, 4) is 12.3 Å². The van der Waals surface area contributed by atoms with Gasteiger partial charge >= 0.3 is 6.18 Å². The highest BCUT2D eigenvalue weighted by Crippen LogP contribution is 2.33. The molecule has 5 heteroatoms. The summed E-state index contributed by atoms with van der Waals surface area (Å²) in [5.74, 6) is 2.47. The van der Waals surface area contributed by atoms with Crippen LogP contribution < -0.4 is 5.32 Å². The van der Waals surface area contributed by atoms with Crippen LogP contribution in [0.1, 0.15) is 18.9 Å². The van der Waals surface area contributed by atoms with E-state index in [1.165, 1.54) is 0 Å². The number of terminal acetylenes is 1. The van der Waals surface area contributed by atoms with Crippen molar-refractivity contribution in [1.82, 2.24) is 0 Å². The van der Waals surface area contributed by atoms with E-state index in [0.717, 1.165) is 12.1 Å². The van der Waals surface area contributed by atoms with Gasteiger partial charge in [0.2, 0.25) is 0 Å². The molecule has 1 nitrogen and oxygen atoms in total. The molecule has 1 aromatic rings. The lowest BCUT2D eigenvalue weighted by atomic mass is 10.1. The number of nitrogens with one attached hydrogen (secondary N) is 1. The van der Waals surface area contributed by atoms with E-state index in [4.69, 9.17) is 6.42 Å². The fraction of sp³-hybridized carbons (Fsp3) is 0.333. The van der Waals surface area contributed by atoms with E-state index >= 15 is 0 Å². The molecular weight excluding hydrogens is 295 g/mol. The molecule has 0 aliphatic heterocycles. The van der Waals surface area contributed by atoms with Crippen LogP contribution in [0.15, 0.2) is 22.7 Å². The maximum Gasteiger partial charge on any atom is 0.416 e. The molecule has 0 spiro atoms. The molecule has 1 atom stereocenters. The van der Waals surface area contributed by atoms with Crippen LogP contribution in [-0.4, -0.2) is 6.04 Å². The van der Waals surface area contributed by atoms with Gasteiger partial charge in [0.25, 0.3) is 0 Å². The van der Waals surface area contributed by atoms with Gasteiger partial charge in [0, 0.05) is 10.2 Å². The van der Waals surface area contributed by atoms with Crippen LogP contribution in [0.4, 0.5) is 18.9 Å². The van der Waals surface area contributed by atoms with E-state index in [2.05, 4.69) is 27.2 Å². The van der Waals surface area contributed by atoms with Crippen LogP contribution >= 0.6 is 15.9 Å². The van der Waals surface area contributed by atoms with Crippen molar-refractivity contribution in [1.29, 1.82) is 0 Å². The molecule has 0 aliphatic carbocycles. The molecule has 0 aliphatic rings. The molecule has 1 N–H and O–H groups in total.